The fourth-order valence-corrected chi connectivity index (χ4v) is 5.45. The van der Waals surface area contributed by atoms with Gasteiger partial charge in [0.1, 0.15) is 0 Å². The average molecular weight is 457 g/mol. The van der Waals surface area contributed by atoms with Crippen molar-refractivity contribution in [3.8, 4) is 6.07 Å². The maximum absolute atomic E-state index is 13.2. The summed E-state index contributed by atoms with van der Waals surface area (Å²) in [5.41, 5.74) is 6.93. The van der Waals surface area contributed by atoms with Gasteiger partial charge in [-0.1, -0.05) is 18.2 Å². The first-order valence-electron chi connectivity index (χ1n) is 12.3. The van der Waals surface area contributed by atoms with Crippen LogP contribution in [0.3, 0.4) is 0 Å². The molecular formula is C28H32N4O2. The highest BCUT2D eigenvalue weighted by atomic mass is 16.3. The normalized spacial score (nSPS) is 24.8. The van der Waals surface area contributed by atoms with E-state index in [4.69, 9.17) is 5.26 Å². The molecule has 3 aliphatic rings. The zero-order valence-corrected chi connectivity index (χ0v) is 19.8. The molecule has 34 heavy (non-hydrogen) atoms. The molecule has 0 bridgehead atoms. The first kappa shape index (κ1) is 22.5. The fourth-order valence-electron chi connectivity index (χ4n) is 5.45. The minimum atomic E-state index is -0.158. The highest BCUT2D eigenvalue weighted by Gasteiger charge is 2.34. The topological polar surface area (TPSA) is 88.4 Å². The monoisotopic (exact) mass is 456 g/mol. The number of likely N-dealkylation sites (tertiary alicyclic amines) is 1. The number of nitrogens with zero attached hydrogens (tertiary/aromatic N) is 2. The molecule has 1 saturated heterocycles. The van der Waals surface area contributed by atoms with Crippen molar-refractivity contribution in [1.29, 1.82) is 5.26 Å². The molecule has 1 unspecified atom stereocenters. The summed E-state index contributed by atoms with van der Waals surface area (Å²) in [4.78, 5) is 15.1. The van der Waals surface area contributed by atoms with Crippen molar-refractivity contribution in [2.75, 3.05) is 13.1 Å². The summed E-state index contributed by atoms with van der Waals surface area (Å²) >= 11 is 0. The van der Waals surface area contributed by atoms with Crippen LogP contribution >= 0.6 is 0 Å². The number of nitrogens with one attached hydrogen (secondary N) is 2. The Kier molecular flexibility index (Phi) is 6.05. The lowest BCUT2D eigenvalue weighted by Crippen LogP contribution is -2.48. The summed E-state index contributed by atoms with van der Waals surface area (Å²) in [6, 6.07) is 15.8. The maximum Gasteiger partial charge on any atom is 0.253 e. The number of amides is 1. The molecule has 2 heterocycles. The van der Waals surface area contributed by atoms with Gasteiger partial charge in [-0.2, -0.15) is 5.26 Å². The second-order valence-electron chi connectivity index (χ2n) is 10.0. The molecule has 0 spiro atoms. The Morgan fingerprint density at radius 2 is 1.74 bits per heavy atom. The highest BCUT2D eigenvalue weighted by molar-refractivity contribution is 5.96. The number of aryl methyl sites for hydroxylation is 1. The number of aliphatic hydroxyl groups is 1. The summed E-state index contributed by atoms with van der Waals surface area (Å²) in [7, 11) is 0. The number of carbonyl (C=O) groups is 1. The Bertz CT molecular complexity index is 1150. The van der Waals surface area contributed by atoms with Crippen LogP contribution in [0.4, 0.5) is 0 Å². The lowest BCUT2D eigenvalue weighted by molar-refractivity contribution is 0.0602. The van der Waals surface area contributed by atoms with Gasteiger partial charge in [-0.25, -0.2) is 0 Å². The molecule has 1 amide bonds. The van der Waals surface area contributed by atoms with Crippen LogP contribution in [0.15, 0.2) is 48.2 Å². The Hall–Kier alpha value is -3.30. The van der Waals surface area contributed by atoms with Gasteiger partial charge in [0.2, 0.25) is 0 Å². The van der Waals surface area contributed by atoms with Gasteiger partial charge in [-0.15, -0.1) is 0 Å². The van der Waals surface area contributed by atoms with Gasteiger partial charge in [-0.3, -0.25) is 4.79 Å². The van der Waals surface area contributed by atoms with E-state index in [1.807, 2.05) is 47.4 Å². The van der Waals surface area contributed by atoms with Gasteiger partial charge in [0.15, 0.2) is 0 Å². The molecule has 0 aromatic heterocycles. The van der Waals surface area contributed by atoms with Crippen molar-refractivity contribution in [3.05, 3.63) is 76.0 Å². The van der Waals surface area contributed by atoms with Crippen molar-refractivity contribution >= 4 is 11.6 Å². The standard InChI is InChI=1S/C28H32N4O2/c1-17-3-6-22(28(34)32-15-23(16-32)20-7-4-19(14-29)5-8-20)13-25(17)26-18(2)30-27(31-26)21-9-11-24(33)12-10-21/h3-8,13,21,23-24,27,30-31,33H,9-12,15-16H2,1-2H3. The Morgan fingerprint density at radius 1 is 1.03 bits per heavy atom. The molecule has 176 valence electrons. The first-order valence-corrected chi connectivity index (χ1v) is 12.3. The quantitative estimate of drug-likeness (QED) is 0.650. The molecule has 2 aromatic rings. The smallest absolute Gasteiger partial charge is 0.253 e. The summed E-state index contributed by atoms with van der Waals surface area (Å²) in [6.45, 7) is 5.57. The van der Waals surface area contributed by atoms with Gasteiger partial charge in [0.25, 0.3) is 5.91 Å². The zero-order chi connectivity index (χ0) is 23.8. The van der Waals surface area contributed by atoms with Crippen LogP contribution in [-0.2, 0) is 0 Å². The van der Waals surface area contributed by atoms with Crippen LogP contribution in [-0.4, -0.2) is 41.3 Å². The Balaban J connectivity index is 1.26. The summed E-state index contributed by atoms with van der Waals surface area (Å²) in [5.74, 6) is 0.872. The summed E-state index contributed by atoms with van der Waals surface area (Å²) in [6.07, 6.45) is 3.76. The van der Waals surface area contributed by atoms with E-state index >= 15 is 0 Å². The van der Waals surface area contributed by atoms with Gasteiger partial charge in [0.05, 0.1) is 29.6 Å². The van der Waals surface area contributed by atoms with E-state index in [-0.39, 0.29) is 18.2 Å². The van der Waals surface area contributed by atoms with Gasteiger partial charge < -0.3 is 20.6 Å². The Morgan fingerprint density at radius 3 is 2.41 bits per heavy atom. The zero-order valence-electron chi connectivity index (χ0n) is 19.8. The second-order valence-corrected chi connectivity index (χ2v) is 10.0. The first-order chi connectivity index (χ1) is 16.4. The van der Waals surface area contributed by atoms with Crippen LogP contribution in [0.25, 0.3) is 5.70 Å². The molecule has 1 aliphatic carbocycles. The predicted octanol–water partition coefficient (Wildman–Crippen LogP) is 3.86. The van der Waals surface area contributed by atoms with Crippen LogP contribution in [0.2, 0.25) is 0 Å². The largest absolute Gasteiger partial charge is 0.393 e. The third-order valence-electron chi connectivity index (χ3n) is 7.69. The van der Waals surface area contributed by atoms with Crippen LogP contribution < -0.4 is 10.6 Å². The van der Waals surface area contributed by atoms with E-state index in [1.165, 1.54) is 5.56 Å². The number of carbonyl (C=O) groups excluding carboxylic acids is 1. The van der Waals surface area contributed by atoms with Gasteiger partial charge in [-0.05, 0) is 80.8 Å². The predicted molar refractivity (Wildman–Crippen MR) is 132 cm³/mol. The number of rotatable bonds is 4. The number of allylic oxidation sites excluding steroid dienone is 1. The molecule has 6 heteroatoms. The molecule has 0 radical (unpaired) electrons. The molecule has 2 fully saturated rings. The second kappa shape index (κ2) is 9.15. The molecule has 2 aromatic carbocycles. The molecule has 5 rings (SSSR count). The number of hydrogen-bond acceptors (Lipinski definition) is 5. The molecule has 3 N–H and O–H groups in total. The van der Waals surface area contributed by atoms with Gasteiger partial charge >= 0.3 is 0 Å². The van der Waals surface area contributed by atoms with Crippen molar-refractivity contribution in [1.82, 2.24) is 15.5 Å². The van der Waals surface area contributed by atoms with Crippen LogP contribution in [0.1, 0.15) is 71.1 Å². The van der Waals surface area contributed by atoms with E-state index in [2.05, 4.69) is 30.6 Å². The number of benzene rings is 2. The lowest BCUT2D eigenvalue weighted by Gasteiger charge is -2.39. The van der Waals surface area contributed by atoms with Crippen LogP contribution in [0, 0.1) is 24.2 Å². The Labute approximate surface area is 201 Å². The van der Waals surface area contributed by atoms with E-state index in [1.54, 1.807) is 0 Å². The fraction of sp³-hybridized carbons (Fsp3) is 0.429. The van der Waals surface area contributed by atoms with E-state index < -0.39 is 0 Å². The summed E-state index contributed by atoms with van der Waals surface area (Å²) in [5, 5.41) is 26.1. The molecule has 6 nitrogen and oxygen atoms in total. The van der Waals surface area contributed by atoms with Crippen LogP contribution in [0.5, 0.6) is 0 Å². The number of aliphatic hydroxyl groups excluding tert-OH is 1. The minimum Gasteiger partial charge on any atom is -0.393 e. The van der Waals surface area contributed by atoms with E-state index in [9.17, 15) is 9.90 Å². The third kappa shape index (κ3) is 4.28. The van der Waals surface area contributed by atoms with Crippen molar-refractivity contribution in [3.63, 3.8) is 0 Å². The maximum atomic E-state index is 13.2. The van der Waals surface area contributed by atoms with Crippen molar-refractivity contribution in [2.24, 2.45) is 5.92 Å². The SMILES string of the molecule is CC1=C(c2cc(C(=O)N3CC(c4ccc(C#N)cc4)C3)ccc2C)NC(C2CCC(O)CC2)N1. The molecular weight excluding hydrogens is 424 g/mol. The van der Waals surface area contributed by atoms with Crippen molar-refractivity contribution in [2.45, 2.75) is 57.7 Å². The summed E-state index contributed by atoms with van der Waals surface area (Å²) < 4.78 is 0. The number of hydrogen-bond donors (Lipinski definition) is 3. The van der Waals surface area contributed by atoms with E-state index in [0.29, 0.717) is 36.1 Å². The van der Waals surface area contributed by atoms with Crippen molar-refractivity contribution < 1.29 is 9.90 Å². The third-order valence-corrected chi connectivity index (χ3v) is 7.69. The molecule has 2 aliphatic heterocycles. The van der Waals surface area contributed by atoms with E-state index in [0.717, 1.165) is 48.2 Å². The average Bonchev–Trinajstić information content (AvgIpc) is 3.20. The highest BCUT2D eigenvalue weighted by Crippen LogP contribution is 2.33. The molecule has 1 atom stereocenters. The molecule has 1 saturated carbocycles. The van der Waals surface area contributed by atoms with Gasteiger partial charge in [0, 0.05) is 35.8 Å². The lowest BCUT2D eigenvalue weighted by atomic mass is 9.85. The number of nitriles is 1. The minimum absolute atomic E-state index is 0.0631.